The van der Waals surface area contributed by atoms with Crippen LogP contribution in [0.2, 0.25) is 5.02 Å². The predicted molar refractivity (Wildman–Crippen MR) is 58.8 cm³/mol. The van der Waals surface area contributed by atoms with Gasteiger partial charge in [0.25, 0.3) is 0 Å². The average molecular weight is 209 g/mol. The number of hydrogen-bond donors (Lipinski definition) is 1. The highest BCUT2D eigenvalue weighted by atomic mass is 35.5. The fourth-order valence-corrected chi connectivity index (χ4v) is 1.97. The summed E-state index contributed by atoms with van der Waals surface area (Å²) in [5, 5.41) is 8.47. The third-order valence-electron chi connectivity index (χ3n) is 2.49. The van der Waals surface area contributed by atoms with Crippen LogP contribution in [0.15, 0.2) is 24.3 Å². The van der Waals surface area contributed by atoms with Crippen molar-refractivity contribution < 1.29 is 0 Å². The van der Waals surface area contributed by atoms with Gasteiger partial charge >= 0.3 is 0 Å². The van der Waals surface area contributed by atoms with Crippen molar-refractivity contribution in [3.8, 4) is 0 Å². The summed E-state index contributed by atoms with van der Waals surface area (Å²) in [6.45, 7) is 1.82. The van der Waals surface area contributed by atoms with E-state index >= 15 is 0 Å². The van der Waals surface area contributed by atoms with Crippen LogP contribution in [0.5, 0.6) is 0 Å². The van der Waals surface area contributed by atoms with E-state index in [4.69, 9.17) is 17.0 Å². The van der Waals surface area contributed by atoms with E-state index < -0.39 is 0 Å². The van der Waals surface area contributed by atoms with Gasteiger partial charge in [-0.15, -0.1) is 0 Å². The van der Waals surface area contributed by atoms with E-state index in [1.54, 1.807) is 0 Å². The third kappa shape index (κ3) is 2.07. The van der Waals surface area contributed by atoms with Crippen molar-refractivity contribution in [2.75, 3.05) is 6.54 Å². The number of benzene rings is 1. The molecule has 3 heteroatoms. The molecule has 0 aliphatic carbocycles. The Bertz CT molecular complexity index is 349. The molecule has 1 saturated heterocycles. The van der Waals surface area contributed by atoms with Crippen LogP contribution in [0.1, 0.15) is 18.4 Å². The third-order valence-corrected chi connectivity index (χ3v) is 2.72. The molecule has 1 aliphatic heterocycles. The SMILES string of the molecule is N=C1CCCN1Cc1cccc(Cl)c1. The van der Waals surface area contributed by atoms with Crippen molar-refractivity contribution in [3.05, 3.63) is 34.9 Å². The summed E-state index contributed by atoms with van der Waals surface area (Å²) in [6, 6.07) is 7.85. The highest BCUT2D eigenvalue weighted by molar-refractivity contribution is 6.30. The van der Waals surface area contributed by atoms with Crippen molar-refractivity contribution in [3.63, 3.8) is 0 Å². The topological polar surface area (TPSA) is 27.1 Å². The molecule has 0 unspecified atom stereocenters. The molecule has 1 aromatic carbocycles. The standard InChI is InChI=1S/C11H13ClN2/c12-10-4-1-3-9(7-10)8-14-6-2-5-11(14)13/h1,3-4,7,13H,2,5-6,8H2. The number of halogens is 1. The van der Waals surface area contributed by atoms with Crippen molar-refractivity contribution in [1.29, 1.82) is 5.41 Å². The zero-order valence-electron chi connectivity index (χ0n) is 7.96. The second kappa shape index (κ2) is 4.01. The number of nitrogens with zero attached hydrogens (tertiary/aromatic N) is 1. The lowest BCUT2D eigenvalue weighted by Gasteiger charge is -2.17. The van der Waals surface area contributed by atoms with E-state index in [2.05, 4.69) is 11.0 Å². The van der Waals surface area contributed by atoms with E-state index in [-0.39, 0.29) is 0 Å². The maximum atomic E-state index is 7.70. The monoisotopic (exact) mass is 208 g/mol. The number of nitrogens with one attached hydrogen (secondary N) is 1. The highest BCUT2D eigenvalue weighted by Crippen LogP contribution is 2.16. The van der Waals surface area contributed by atoms with E-state index in [0.29, 0.717) is 0 Å². The van der Waals surface area contributed by atoms with Gasteiger partial charge < -0.3 is 4.90 Å². The van der Waals surface area contributed by atoms with Gasteiger partial charge in [-0.05, 0) is 24.1 Å². The fourth-order valence-electron chi connectivity index (χ4n) is 1.76. The van der Waals surface area contributed by atoms with Gasteiger partial charge in [-0.2, -0.15) is 0 Å². The van der Waals surface area contributed by atoms with Crippen molar-refractivity contribution in [1.82, 2.24) is 4.90 Å². The molecular weight excluding hydrogens is 196 g/mol. The number of rotatable bonds is 2. The lowest BCUT2D eigenvalue weighted by molar-refractivity contribution is 0.446. The second-order valence-electron chi connectivity index (χ2n) is 3.60. The van der Waals surface area contributed by atoms with Crippen molar-refractivity contribution in [2.45, 2.75) is 19.4 Å². The molecular formula is C11H13ClN2. The fraction of sp³-hybridized carbons (Fsp3) is 0.364. The van der Waals surface area contributed by atoms with Gasteiger partial charge in [0.15, 0.2) is 0 Å². The summed E-state index contributed by atoms with van der Waals surface area (Å²) in [4.78, 5) is 2.10. The molecule has 1 aromatic rings. The van der Waals surface area contributed by atoms with Crippen LogP contribution in [0.25, 0.3) is 0 Å². The maximum absolute atomic E-state index is 7.70. The van der Waals surface area contributed by atoms with Crippen molar-refractivity contribution in [2.24, 2.45) is 0 Å². The highest BCUT2D eigenvalue weighted by Gasteiger charge is 2.16. The molecule has 0 amide bonds. The minimum atomic E-state index is 0.755. The zero-order valence-corrected chi connectivity index (χ0v) is 8.72. The molecule has 0 spiro atoms. The van der Waals surface area contributed by atoms with Gasteiger partial charge in [0.2, 0.25) is 0 Å². The minimum absolute atomic E-state index is 0.755. The number of hydrogen-bond acceptors (Lipinski definition) is 1. The zero-order chi connectivity index (χ0) is 9.97. The molecule has 0 radical (unpaired) electrons. The minimum Gasteiger partial charge on any atom is -0.356 e. The maximum Gasteiger partial charge on any atom is 0.0961 e. The van der Waals surface area contributed by atoms with Gasteiger partial charge in [-0.1, -0.05) is 23.7 Å². The summed E-state index contributed by atoms with van der Waals surface area (Å²) < 4.78 is 0. The van der Waals surface area contributed by atoms with Crippen LogP contribution >= 0.6 is 11.6 Å². The number of likely N-dealkylation sites (tertiary alicyclic amines) is 1. The number of amidine groups is 1. The molecule has 0 atom stereocenters. The van der Waals surface area contributed by atoms with Gasteiger partial charge in [-0.3, -0.25) is 5.41 Å². The van der Waals surface area contributed by atoms with E-state index in [9.17, 15) is 0 Å². The Labute approximate surface area is 89.0 Å². The Balaban J connectivity index is 2.07. The van der Waals surface area contributed by atoms with Gasteiger partial charge in [0, 0.05) is 24.5 Å². The summed E-state index contributed by atoms with van der Waals surface area (Å²) in [6.07, 6.45) is 2.03. The van der Waals surface area contributed by atoms with E-state index in [1.165, 1.54) is 5.56 Å². The van der Waals surface area contributed by atoms with E-state index in [0.717, 1.165) is 36.8 Å². The first-order valence-corrected chi connectivity index (χ1v) is 5.20. The molecule has 0 bridgehead atoms. The molecule has 2 nitrogen and oxygen atoms in total. The Hall–Kier alpha value is -1.02. The molecule has 1 fully saturated rings. The average Bonchev–Trinajstić information content (AvgIpc) is 2.52. The normalized spacial score (nSPS) is 16.4. The Kier molecular flexibility index (Phi) is 2.73. The summed E-state index contributed by atoms with van der Waals surface area (Å²) in [5.41, 5.74) is 1.18. The Morgan fingerprint density at radius 1 is 1.43 bits per heavy atom. The smallest absolute Gasteiger partial charge is 0.0961 e. The van der Waals surface area contributed by atoms with Crippen LogP contribution < -0.4 is 0 Å². The van der Waals surface area contributed by atoms with Crippen LogP contribution in [0, 0.1) is 5.41 Å². The first-order chi connectivity index (χ1) is 6.75. The van der Waals surface area contributed by atoms with Crippen LogP contribution in [-0.4, -0.2) is 17.3 Å². The first kappa shape index (κ1) is 9.53. The Morgan fingerprint density at radius 2 is 2.29 bits per heavy atom. The largest absolute Gasteiger partial charge is 0.356 e. The van der Waals surface area contributed by atoms with Crippen LogP contribution in [-0.2, 0) is 6.54 Å². The molecule has 74 valence electrons. The summed E-state index contributed by atoms with van der Waals surface area (Å²) in [7, 11) is 0. The second-order valence-corrected chi connectivity index (χ2v) is 4.04. The Morgan fingerprint density at radius 3 is 2.93 bits per heavy atom. The first-order valence-electron chi connectivity index (χ1n) is 4.82. The molecule has 0 saturated carbocycles. The summed E-state index contributed by atoms with van der Waals surface area (Å²) >= 11 is 5.89. The molecule has 2 rings (SSSR count). The quantitative estimate of drug-likeness (QED) is 0.795. The van der Waals surface area contributed by atoms with Gasteiger partial charge in [0.1, 0.15) is 0 Å². The molecule has 0 aromatic heterocycles. The molecule has 14 heavy (non-hydrogen) atoms. The molecule has 1 N–H and O–H groups in total. The lowest BCUT2D eigenvalue weighted by Crippen LogP contribution is -2.23. The van der Waals surface area contributed by atoms with Crippen LogP contribution in [0.3, 0.4) is 0 Å². The van der Waals surface area contributed by atoms with Crippen molar-refractivity contribution >= 4 is 17.4 Å². The van der Waals surface area contributed by atoms with Gasteiger partial charge in [-0.25, -0.2) is 0 Å². The predicted octanol–water partition coefficient (Wildman–Crippen LogP) is 2.91. The molecule has 1 heterocycles. The summed E-state index contributed by atoms with van der Waals surface area (Å²) in [5.74, 6) is 0.755. The van der Waals surface area contributed by atoms with Crippen LogP contribution in [0.4, 0.5) is 0 Å². The van der Waals surface area contributed by atoms with E-state index in [1.807, 2.05) is 18.2 Å². The van der Waals surface area contributed by atoms with Gasteiger partial charge in [0.05, 0.1) is 5.84 Å². The molecule has 1 aliphatic rings. The lowest BCUT2D eigenvalue weighted by atomic mass is 10.2.